The number of hydrogen-bond donors (Lipinski definition) is 1. The topological polar surface area (TPSA) is 86.6 Å². The second-order valence-electron chi connectivity index (χ2n) is 8.85. The summed E-state index contributed by atoms with van der Waals surface area (Å²) in [5.74, 6) is 0.418. The van der Waals surface area contributed by atoms with Crippen LogP contribution in [0.2, 0.25) is 0 Å². The predicted molar refractivity (Wildman–Crippen MR) is 126 cm³/mol. The molecule has 33 heavy (non-hydrogen) atoms. The van der Waals surface area contributed by atoms with Gasteiger partial charge in [-0.2, -0.15) is 0 Å². The van der Waals surface area contributed by atoms with Crippen molar-refractivity contribution >= 4 is 17.4 Å². The van der Waals surface area contributed by atoms with Crippen LogP contribution in [-0.2, 0) is 6.42 Å². The smallest absolute Gasteiger partial charge is 0.268 e. The zero-order chi connectivity index (χ0) is 23.8. The number of amides is 1. The number of ketones is 1. The Morgan fingerprint density at radius 3 is 2.33 bits per heavy atom. The average molecular weight is 447 g/mol. The van der Waals surface area contributed by atoms with Crippen LogP contribution in [0.25, 0.3) is 5.69 Å². The fourth-order valence-electron chi connectivity index (χ4n) is 4.22. The highest BCUT2D eigenvalue weighted by Crippen LogP contribution is 2.35. The zero-order valence-corrected chi connectivity index (χ0v) is 19.1. The van der Waals surface area contributed by atoms with E-state index in [1.165, 1.54) is 17.7 Å². The fourth-order valence-corrected chi connectivity index (χ4v) is 4.22. The lowest BCUT2D eigenvalue weighted by Crippen LogP contribution is -2.37. The van der Waals surface area contributed by atoms with Crippen LogP contribution >= 0.6 is 0 Å². The molecule has 0 atom stereocenters. The third kappa shape index (κ3) is 4.26. The van der Waals surface area contributed by atoms with Crippen molar-refractivity contribution in [1.82, 2.24) is 4.57 Å². The normalized spacial score (nSPS) is 14.4. The van der Waals surface area contributed by atoms with E-state index in [2.05, 4.69) is 5.32 Å². The summed E-state index contributed by atoms with van der Waals surface area (Å²) < 4.78 is 12.0. The zero-order valence-electron chi connectivity index (χ0n) is 19.1. The van der Waals surface area contributed by atoms with E-state index in [0.717, 1.165) is 0 Å². The van der Waals surface area contributed by atoms with Crippen LogP contribution in [0.4, 0.5) is 5.69 Å². The molecule has 7 nitrogen and oxygen atoms in total. The molecule has 0 saturated carbocycles. The van der Waals surface area contributed by atoms with Crippen LogP contribution in [0.5, 0.6) is 11.5 Å². The lowest BCUT2D eigenvalue weighted by molar-refractivity contribution is 0.0908. The minimum absolute atomic E-state index is 0.0881. The van der Waals surface area contributed by atoms with Crippen molar-refractivity contribution in [2.75, 3.05) is 19.5 Å². The molecule has 0 bridgehead atoms. The number of methoxy groups -OCH3 is 2. The quantitative estimate of drug-likeness (QED) is 0.633. The Morgan fingerprint density at radius 2 is 1.67 bits per heavy atom. The molecule has 1 aliphatic rings. The van der Waals surface area contributed by atoms with Gasteiger partial charge in [-0.15, -0.1) is 0 Å². The summed E-state index contributed by atoms with van der Waals surface area (Å²) in [7, 11) is 3.06. The molecule has 0 radical (unpaired) electrons. The molecule has 0 unspecified atom stereocenters. The van der Waals surface area contributed by atoms with Crippen molar-refractivity contribution in [3.63, 3.8) is 0 Å². The van der Waals surface area contributed by atoms with Gasteiger partial charge in [0.15, 0.2) is 5.78 Å². The van der Waals surface area contributed by atoms with Gasteiger partial charge in [0.1, 0.15) is 17.1 Å². The first-order valence-corrected chi connectivity index (χ1v) is 10.6. The van der Waals surface area contributed by atoms with Crippen molar-refractivity contribution in [3.05, 3.63) is 81.8 Å². The second-order valence-corrected chi connectivity index (χ2v) is 8.85. The Morgan fingerprint density at radius 1 is 0.970 bits per heavy atom. The van der Waals surface area contributed by atoms with E-state index in [1.54, 1.807) is 55.6 Å². The first kappa shape index (κ1) is 22.3. The monoisotopic (exact) mass is 446 g/mol. The highest BCUT2D eigenvalue weighted by molar-refractivity contribution is 6.07. The average Bonchev–Trinajstić information content (AvgIpc) is 2.78. The number of nitrogens with zero attached hydrogens (tertiary/aromatic N) is 1. The van der Waals surface area contributed by atoms with Crippen molar-refractivity contribution in [3.8, 4) is 17.2 Å². The number of pyridine rings is 1. The first-order chi connectivity index (χ1) is 15.7. The lowest BCUT2D eigenvalue weighted by atomic mass is 9.75. The third-order valence-electron chi connectivity index (χ3n) is 5.82. The molecule has 0 aliphatic heterocycles. The van der Waals surface area contributed by atoms with Gasteiger partial charge in [0, 0.05) is 23.4 Å². The van der Waals surface area contributed by atoms with Crippen LogP contribution < -0.4 is 20.3 Å². The van der Waals surface area contributed by atoms with Crippen molar-refractivity contribution in [2.45, 2.75) is 26.7 Å². The number of rotatable bonds is 5. The number of nitrogens with one attached hydrogen (secondary N) is 1. The first-order valence-electron chi connectivity index (χ1n) is 10.6. The maximum absolute atomic E-state index is 13.6. The van der Waals surface area contributed by atoms with Crippen LogP contribution in [0.1, 0.15) is 46.7 Å². The Bertz CT molecular complexity index is 1290. The Hall–Kier alpha value is -3.87. The Labute approximate surface area is 192 Å². The number of aromatic nitrogens is 1. The predicted octanol–water partition coefficient (Wildman–Crippen LogP) is 4.26. The lowest BCUT2D eigenvalue weighted by Gasteiger charge is -2.32. The van der Waals surface area contributed by atoms with Crippen LogP contribution in [0.15, 0.2) is 59.4 Å². The molecule has 1 amide bonds. The Kier molecular flexibility index (Phi) is 5.80. The maximum Gasteiger partial charge on any atom is 0.268 e. The highest BCUT2D eigenvalue weighted by atomic mass is 16.5. The molecule has 0 saturated heterocycles. The maximum atomic E-state index is 13.6. The van der Waals surface area contributed by atoms with E-state index >= 15 is 0 Å². The third-order valence-corrected chi connectivity index (χ3v) is 5.82. The van der Waals surface area contributed by atoms with Crippen molar-refractivity contribution in [1.29, 1.82) is 0 Å². The van der Waals surface area contributed by atoms with Gasteiger partial charge in [-0.3, -0.25) is 19.0 Å². The van der Waals surface area contributed by atoms with Gasteiger partial charge in [-0.05, 0) is 54.3 Å². The Balaban J connectivity index is 1.89. The van der Waals surface area contributed by atoms with Gasteiger partial charge >= 0.3 is 0 Å². The minimum atomic E-state index is -0.604. The molecule has 3 aromatic rings. The molecule has 0 fully saturated rings. The minimum Gasteiger partial charge on any atom is -0.497 e. The summed E-state index contributed by atoms with van der Waals surface area (Å²) in [6.45, 7) is 4.00. The van der Waals surface area contributed by atoms with Crippen LogP contribution in [-0.4, -0.2) is 30.5 Å². The van der Waals surface area contributed by atoms with E-state index in [4.69, 9.17) is 9.47 Å². The molecule has 170 valence electrons. The van der Waals surface area contributed by atoms with E-state index in [9.17, 15) is 14.4 Å². The largest absolute Gasteiger partial charge is 0.497 e. The number of Topliss-reactive ketones (excluding diaryl/α,β-unsaturated/α-hetero) is 1. The summed E-state index contributed by atoms with van der Waals surface area (Å²) in [6, 6.07) is 15.3. The molecule has 0 spiro atoms. The second kappa shape index (κ2) is 8.58. The molecule has 1 heterocycles. The molecular weight excluding hydrogens is 420 g/mol. The van der Waals surface area contributed by atoms with E-state index in [0.29, 0.717) is 47.0 Å². The van der Waals surface area contributed by atoms with Gasteiger partial charge in [-0.25, -0.2) is 0 Å². The number of fused-ring (bicyclic) bond motifs is 1. The SMILES string of the molecule is COc1ccc(-n2c3c(cc(C(=O)Nc4ccccc4OC)c2=O)C(=O)CC(C)(C)C3)cc1. The summed E-state index contributed by atoms with van der Waals surface area (Å²) >= 11 is 0. The van der Waals surface area contributed by atoms with E-state index in [-0.39, 0.29) is 16.8 Å². The number of anilines is 1. The number of carbonyl (C=O) groups excluding carboxylic acids is 2. The van der Waals surface area contributed by atoms with E-state index in [1.807, 2.05) is 13.8 Å². The number of hydrogen-bond acceptors (Lipinski definition) is 5. The van der Waals surface area contributed by atoms with Gasteiger partial charge in [0.2, 0.25) is 0 Å². The number of ether oxygens (including phenoxy) is 2. The molecule has 7 heteroatoms. The number of para-hydroxylation sites is 2. The van der Waals surface area contributed by atoms with Crippen molar-refractivity contribution < 1.29 is 19.1 Å². The molecule has 4 rings (SSSR count). The highest BCUT2D eigenvalue weighted by Gasteiger charge is 2.35. The summed E-state index contributed by atoms with van der Waals surface area (Å²) in [6.07, 6.45) is 0.873. The molecule has 1 aromatic heterocycles. The summed E-state index contributed by atoms with van der Waals surface area (Å²) in [5, 5.41) is 2.74. The summed E-state index contributed by atoms with van der Waals surface area (Å²) in [4.78, 5) is 39.9. The summed E-state index contributed by atoms with van der Waals surface area (Å²) in [5.41, 5.74) is 1.11. The standard InChI is InChI=1S/C26H26N2O5/c1-26(2)14-21-18(22(29)15-26)13-19(24(30)27-20-7-5-6-8-23(20)33-4)25(31)28(21)16-9-11-17(32-3)12-10-16/h5-13H,14-15H2,1-4H3,(H,27,30). The molecule has 1 aliphatic carbocycles. The van der Waals surface area contributed by atoms with Crippen molar-refractivity contribution in [2.24, 2.45) is 5.41 Å². The number of carbonyl (C=O) groups is 2. The van der Waals surface area contributed by atoms with Gasteiger partial charge < -0.3 is 14.8 Å². The van der Waals surface area contributed by atoms with Crippen LogP contribution in [0.3, 0.4) is 0 Å². The molecular formula is C26H26N2O5. The van der Waals surface area contributed by atoms with Gasteiger partial charge in [-0.1, -0.05) is 26.0 Å². The number of benzene rings is 2. The van der Waals surface area contributed by atoms with Gasteiger partial charge in [0.05, 0.1) is 19.9 Å². The van der Waals surface area contributed by atoms with Crippen LogP contribution in [0, 0.1) is 5.41 Å². The fraction of sp³-hybridized carbons (Fsp3) is 0.269. The van der Waals surface area contributed by atoms with E-state index < -0.39 is 11.5 Å². The molecule has 2 aromatic carbocycles. The molecule has 1 N–H and O–H groups in total. The van der Waals surface area contributed by atoms with Gasteiger partial charge in [0.25, 0.3) is 11.5 Å².